The summed E-state index contributed by atoms with van der Waals surface area (Å²) in [4.78, 5) is 12.2. The van der Waals surface area contributed by atoms with Crippen molar-refractivity contribution >= 4 is 17.7 Å². The molecular weight excluding hydrogens is 212 g/mol. The summed E-state index contributed by atoms with van der Waals surface area (Å²) < 4.78 is 4.50. The molecule has 1 rings (SSSR count). The molecule has 1 unspecified atom stereocenters. The van der Waals surface area contributed by atoms with Crippen LogP contribution in [0, 0.1) is 0 Å². The minimum absolute atomic E-state index is 0.281. The Hall–Kier alpha value is -1.00. The van der Waals surface area contributed by atoms with Crippen molar-refractivity contribution in [2.24, 2.45) is 0 Å². The highest BCUT2D eigenvalue weighted by atomic mass is 32.2. The van der Waals surface area contributed by atoms with Gasteiger partial charge >= 0.3 is 5.97 Å². The standard InChI is InChI=1S/C11H14O3S/c1-11(13,10(12)14-2)8-15-9-6-4-3-5-7-9/h3-7,13H,8H2,1-2H3. The lowest BCUT2D eigenvalue weighted by molar-refractivity contribution is -0.158. The van der Waals surface area contributed by atoms with Crippen LogP contribution in [0.3, 0.4) is 0 Å². The normalized spacial score (nSPS) is 14.3. The third kappa shape index (κ3) is 3.57. The fourth-order valence-electron chi connectivity index (χ4n) is 1.02. The monoisotopic (exact) mass is 226 g/mol. The summed E-state index contributed by atoms with van der Waals surface area (Å²) in [5, 5.41) is 9.75. The third-order valence-corrected chi connectivity index (χ3v) is 3.20. The molecule has 1 N–H and O–H groups in total. The molecule has 0 heterocycles. The Bertz CT molecular complexity index is 322. The number of ether oxygens (including phenoxy) is 1. The van der Waals surface area contributed by atoms with Crippen LogP contribution in [0.15, 0.2) is 35.2 Å². The minimum atomic E-state index is -1.44. The average Bonchev–Trinajstić information content (AvgIpc) is 2.27. The molecule has 0 saturated carbocycles. The van der Waals surface area contributed by atoms with Crippen molar-refractivity contribution in [3.8, 4) is 0 Å². The second kappa shape index (κ2) is 5.19. The van der Waals surface area contributed by atoms with Crippen LogP contribution >= 0.6 is 11.8 Å². The van der Waals surface area contributed by atoms with Gasteiger partial charge in [0.1, 0.15) is 0 Å². The van der Waals surface area contributed by atoms with Crippen LogP contribution in [0.4, 0.5) is 0 Å². The van der Waals surface area contributed by atoms with Crippen molar-refractivity contribution in [2.45, 2.75) is 17.4 Å². The smallest absolute Gasteiger partial charge is 0.338 e. The Labute approximate surface area is 93.4 Å². The van der Waals surface area contributed by atoms with Crippen molar-refractivity contribution in [3.63, 3.8) is 0 Å². The number of rotatable bonds is 4. The predicted molar refractivity (Wildman–Crippen MR) is 59.8 cm³/mol. The molecule has 1 aromatic rings. The predicted octanol–water partition coefficient (Wildman–Crippen LogP) is 1.70. The van der Waals surface area contributed by atoms with Gasteiger partial charge in [-0.2, -0.15) is 0 Å². The number of hydrogen-bond donors (Lipinski definition) is 1. The molecule has 0 aliphatic heterocycles. The molecule has 0 aromatic heterocycles. The van der Waals surface area contributed by atoms with Crippen LogP contribution in [0.2, 0.25) is 0 Å². The van der Waals surface area contributed by atoms with E-state index in [0.717, 1.165) is 4.90 Å². The van der Waals surface area contributed by atoms with Crippen LogP contribution in [0.5, 0.6) is 0 Å². The highest BCUT2D eigenvalue weighted by Crippen LogP contribution is 2.22. The molecule has 0 bridgehead atoms. The quantitative estimate of drug-likeness (QED) is 0.627. The molecule has 82 valence electrons. The number of carbonyl (C=O) groups is 1. The second-order valence-corrected chi connectivity index (χ2v) is 4.42. The minimum Gasteiger partial charge on any atom is -0.467 e. The summed E-state index contributed by atoms with van der Waals surface area (Å²) in [6.07, 6.45) is 0. The van der Waals surface area contributed by atoms with Crippen molar-refractivity contribution in [1.29, 1.82) is 0 Å². The van der Waals surface area contributed by atoms with Gasteiger partial charge < -0.3 is 9.84 Å². The topological polar surface area (TPSA) is 46.5 Å². The summed E-state index contributed by atoms with van der Waals surface area (Å²) in [5.41, 5.74) is -1.44. The van der Waals surface area contributed by atoms with E-state index in [0.29, 0.717) is 0 Å². The van der Waals surface area contributed by atoms with Crippen LogP contribution in [-0.2, 0) is 9.53 Å². The first-order valence-corrected chi connectivity index (χ1v) is 5.53. The van der Waals surface area contributed by atoms with Crippen LogP contribution in [-0.4, -0.2) is 29.5 Å². The van der Waals surface area contributed by atoms with E-state index >= 15 is 0 Å². The number of hydrogen-bond acceptors (Lipinski definition) is 4. The fourth-order valence-corrected chi connectivity index (χ4v) is 1.93. The highest BCUT2D eigenvalue weighted by molar-refractivity contribution is 7.99. The maximum Gasteiger partial charge on any atom is 0.338 e. The zero-order chi connectivity index (χ0) is 11.3. The lowest BCUT2D eigenvalue weighted by Crippen LogP contribution is -2.38. The first-order chi connectivity index (χ1) is 7.06. The molecule has 0 saturated heterocycles. The molecule has 1 atom stereocenters. The zero-order valence-electron chi connectivity index (χ0n) is 8.77. The maximum absolute atomic E-state index is 11.2. The van der Waals surface area contributed by atoms with Crippen molar-refractivity contribution in [2.75, 3.05) is 12.9 Å². The molecule has 0 spiro atoms. The van der Waals surface area contributed by atoms with Gasteiger partial charge in [-0.3, -0.25) is 0 Å². The number of benzene rings is 1. The molecule has 15 heavy (non-hydrogen) atoms. The Morgan fingerprint density at radius 1 is 1.47 bits per heavy atom. The average molecular weight is 226 g/mol. The van der Waals surface area contributed by atoms with E-state index in [9.17, 15) is 9.90 Å². The Morgan fingerprint density at radius 2 is 2.07 bits per heavy atom. The molecule has 1 aromatic carbocycles. The first-order valence-electron chi connectivity index (χ1n) is 4.55. The molecule has 0 fully saturated rings. The van der Waals surface area contributed by atoms with Crippen LogP contribution in [0.1, 0.15) is 6.92 Å². The maximum atomic E-state index is 11.2. The third-order valence-electron chi connectivity index (χ3n) is 1.89. The summed E-state index contributed by atoms with van der Waals surface area (Å²) in [5.74, 6) is -0.324. The summed E-state index contributed by atoms with van der Waals surface area (Å²) in [7, 11) is 1.27. The SMILES string of the molecule is COC(=O)C(C)(O)CSc1ccccc1. The summed E-state index contributed by atoms with van der Waals surface area (Å²) >= 11 is 1.42. The molecule has 3 nitrogen and oxygen atoms in total. The lowest BCUT2D eigenvalue weighted by Gasteiger charge is -2.19. The van der Waals surface area contributed by atoms with Gasteiger partial charge in [-0.25, -0.2) is 4.79 Å². The van der Waals surface area contributed by atoms with Crippen molar-refractivity contribution in [1.82, 2.24) is 0 Å². The van der Waals surface area contributed by atoms with Crippen LogP contribution in [0.25, 0.3) is 0 Å². The van der Waals surface area contributed by atoms with Gasteiger partial charge in [0, 0.05) is 10.6 Å². The Kier molecular flexibility index (Phi) is 4.17. The summed E-state index contributed by atoms with van der Waals surface area (Å²) in [6, 6.07) is 9.60. The number of thioether (sulfide) groups is 1. The van der Waals surface area contributed by atoms with Gasteiger partial charge in [0.25, 0.3) is 0 Å². The second-order valence-electron chi connectivity index (χ2n) is 3.37. The zero-order valence-corrected chi connectivity index (χ0v) is 9.58. The molecule has 0 radical (unpaired) electrons. The fraction of sp³-hybridized carbons (Fsp3) is 0.364. The van der Waals surface area contributed by atoms with E-state index in [1.165, 1.54) is 25.8 Å². The number of esters is 1. The Morgan fingerprint density at radius 3 is 2.60 bits per heavy atom. The van der Waals surface area contributed by atoms with Crippen LogP contribution < -0.4 is 0 Å². The highest BCUT2D eigenvalue weighted by Gasteiger charge is 2.31. The van der Waals surface area contributed by atoms with E-state index in [4.69, 9.17) is 0 Å². The Balaban J connectivity index is 2.53. The van der Waals surface area contributed by atoms with Gasteiger partial charge in [-0.1, -0.05) is 18.2 Å². The molecule has 0 aliphatic carbocycles. The largest absolute Gasteiger partial charge is 0.467 e. The number of methoxy groups -OCH3 is 1. The molecular formula is C11H14O3S. The number of aliphatic hydroxyl groups is 1. The molecule has 4 heteroatoms. The van der Waals surface area contributed by atoms with E-state index in [2.05, 4.69) is 4.74 Å². The van der Waals surface area contributed by atoms with Gasteiger partial charge in [-0.05, 0) is 19.1 Å². The van der Waals surface area contributed by atoms with E-state index < -0.39 is 11.6 Å². The van der Waals surface area contributed by atoms with E-state index in [-0.39, 0.29) is 5.75 Å². The van der Waals surface area contributed by atoms with Crippen molar-refractivity contribution in [3.05, 3.63) is 30.3 Å². The van der Waals surface area contributed by atoms with Gasteiger partial charge in [-0.15, -0.1) is 11.8 Å². The summed E-state index contributed by atoms with van der Waals surface area (Å²) in [6.45, 7) is 1.45. The van der Waals surface area contributed by atoms with Crippen molar-refractivity contribution < 1.29 is 14.6 Å². The van der Waals surface area contributed by atoms with E-state index in [1.807, 2.05) is 30.3 Å². The van der Waals surface area contributed by atoms with E-state index in [1.54, 1.807) is 0 Å². The molecule has 0 aliphatic rings. The first kappa shape index (κ1) is 12.1. The van der Waals surface area contributed by atoms with Gasteiger partial charge in [0.05, 0.1) is 7.11 Å². The lowest BCUT2D eigenvalue weighted by atomic mass is 10.1. The van der Waals surface area contributed by atoms with Gasteiger partial charge in [0.15, 0.2) is 5.60 Å². The molecule has 0 amide bonds. The van der Waals surface area contributed by atoms with Gasteiger partial charge in [0.2, 0.25) is 0 Å². The number of carbonyl (C=O) groups excluding carboxylic acids is 1.